The van der Waals surface area contributed by atoms with Crippen LogP contribution in [0.5, 0.6) is 0 Å². The Morgan fingerprint density at radius 1 is 1.12 bits per heavy atom. The number of amides is 1. The number of aromatic nitrogens is 3. The van der Waals surface area contributed by atoms with Crippen LogP contribution in [0.25, 0.3) is 11.3 Å². The van der Waals surface area contributed by atoms with E-state index in [4.69, 9.17) is 14.7 Å². The third-order valence-corrected chi connectivity index (χ3v) is 5.89. The van der Waals surface area contributed by atoms with Crippen LogP contribution in [-0.2, 0) is 9.53 Å². The van der Waals surface area contributed by atoms with Crippen LogP contribution in [-0.4, -0.2) is 51.6 Å². The first kappa shape index (κ1) is 20.5. The molecule has 2 aliphatic rings. The predicted octanol–water partition coefficient (Wildman–Crippen LogP) is 3.92. The molecule has 0 bridgehead atoms. The van der Waals surface area contributed by atoms with Crippen LogP contribution in [0.15, 0.2) is 54.9 Å². The fourth-order valence-electron chi connectivity index (χ4n) is 4.24. The highest BCUT2D eigenvalue weighted by atomic mass is 19.1. The maximum absolute atomic E-state index is 13.7. The second-order valence-electron chi connectivity index (χ2n) is 8.14. The number of nitrogens with one attached hydrogen (secondary N) is 1. The number of ether oxygens (including phenoxy) is 1. The van der Waals surface area contributed by atoms with E-state index in [0.29, 0.717) is 37.0 Å². The summed E-state index contributed by atoms with van der Waals surface area (Å²) in [6, 6.07) is 11.9. The van der Waals surface area contributed by atoms with Gasteiger partial charge in [0.1, 0.15) is 23.6 Å². The summed E-state index contributed by atoms with van der Waals surface area (Å²) in [5, 5.41) is 3.19. The predicted molar refractivity (Wildman–Crippen MR) is 118 cm³/mol. The van der Waals surface area contributed by atoms with Crippen molar-refractivity contribution in [3.63, 3.8) is 0 Å². The lowest BCUT2D eigenvalue weighted by Crippen LogP contribution is -2.37. The summed E-state index contributed by atoms with van der Waals surface area (Å²) in [5.41, 5.74) is 2.27. The van der Waals surface area contributed by atoms with Crippen LogP contribution in [0.3, 0.4) is 0 Å². The van der Waals surface area contributed by atoms with E-state index in [1.54, 1.807) is 24.5 Å². The van der Waals surface area contributed by atoms with Gasteiger partial charge in [-0.15, -0.1) is 0 Å². The molecule has 32 heavy (non-hydrogen) atoms. The van der Waals surface area contributed by atoms with Crippen molar-refractivity contribution >= 4 is 17.4 Å². The van der Waals surface area contributed by atoms with Crippen molar-refractivity contribution in [2.24, 2.45) is 0 Å². The lowest BCUT2D eigenvalue weighted by Gasteiger charge is -2.20. The molecule has 0 spiro atoms. The Balaban J connectivity index is 1.42. The molecule has 0 unspecified atom stereocenters. The molecule has 2 fully saturated rings. The molecule has 2 saturated heterocycles. The van der Waals surface area contributed by atoms with Crippen LogP contribution < -0.4 is 5.32 Å². The highest BCUT2D eigenvalue weighted by Crippen LogP contribution is 2.30. The first-order valence-electron chi connectivity index (χ1n) is 10.9. The summed E-state index contributed by atoms with van der Waals surface area (Å²) in [5.74, 6) is 1.01. The average molecular weight is 433 g/mol. The molecule has 1 amide bonds. The number of rotatable bonds is 5. The second kappa shape index (κ2) is 9.00. The van der Waals surface area contributed by atoms with Gasteiger partial charge in [0.05, 0.1) is 5.69 Å². The number of hydrogen-bond acceptors (Lipinski definition) is 6. The van der Waals surface area contributed by atoms with Gasteiger partial charge in [0.15, 0.2) is 0 Å². The summed E-state index contributed by atoms with van der Waals surface area (Å²) in [4.78, 5) is 28.2. The quantitative estimate of drug-likeness (QED) is 0.657. The van der Waals surface area contributed by atoms with E-state index in [1.807, 2.05) is 23.1 Å². The zero-order valence-electron chi connectivity index (χ0n) is 17.6. The van der Waals surface area contributed by atoms with Crippen molar-refractivity contribution in [2.45, 2.75) is 31.3 Å². The number of anilines is 2. The van der Waals surface area contributed by atoms with Gasteiger partial charge in [0.2, 0.25) is 0 Å². The van der Waals surface area contributed by atoms with Crippen LogP contribution in [0.1, 0.15) is 31.0 Å². The standard InChI is InChI=1S/C24H24FN5O2/c25-18-3-1-4-19(13-18)27-22-14-20(16-6-9-26-10-7-16)28-23(29-22)17-8-11-30(15-17)24(31)21-5-2-12-32-21/h1,3-4,6-7,9-10,13-14,17,21H,2,5,8,11-12,15H2,(H,27,28,29)/t17-,21-/m0/s1. The molecule has 7 nitrogen and oxygen atoms in total. The van der Waals surface area contributed by atoms with E-state index in [1.165, 1.54) is 12.1 Å². The first-order chi connectivity index (χ1) is 15.7. The highest BCUT2D eigenvalue weighted by molar-refractivity contribution is 5.81. The molecule has 1 N–H and O–H groups in total. The second-order valence-corrected chi connectivity index (χ2v) is 8.14. The SMILES string of the molecule is O=C([C@@H]1CCCO1)N1CC[C@H](c2nc(Nc3cccc(F)c3)cc(-c3ccncc3)n2)C1. The molecule has 2 aromatic heterocycles. The number of nitrogens with zero attached hydrogens (tertiary/aromatic N) is 4. The van der Waals surface area contributed by atoms with Gasteiger partial charge in [-0.1, -0.05) is 6.07 Å². The Labute approximate surface area is 185 Å². The van der Waals surface area contributed by atoms with Gasteiger partial charge in [-0.2, -0.15) is 0 Å². The molecule has 8 heteroatoms. The number of hydrogen-bond donors (Lipinski definition) is 1. The fraction of sp³-hybridized carbons (Fsp3) is 0.333. The van der Waals surface area contributed by atoms with E-state index in [9.17, 15) is 9.18 Å². The number of carbonyl (C=O) groups is 1. The smallest absolute Gasteiger partial charge is 0.251 e. The van der Waals surface area contributed by atoms with Gasteiger partial charge in [0.25, 0.3) is 5.91 Å². The van der Waals surface area contributed by atoms with E-state index in [-0.39, 0.29) is 23.7 Å². The number of benzene rings is 1. The summed E-state index contributed by atoms with van der Waals surface area (Å²) in [7, 11) is 0. The maximum Gasteiger partial charge on any atom is 0.251 e. The van der Waals surface area contributed by atoms with Crippen LogP contribution in [0.2, 0.25) is 0 Å². The Hall–Kier alpha value is -3.39. The largest absolute Gasteiger partial charge is 0.368 e. The fourth-order valence-corrected chi connectivity index (χ4v) is 4.24. The van der Waals surface area contributed by atoms with Gasteiger partial charge >= 0.3 is 0 Å². The molecule has 0 aliphatic carbocycles. The van der Waals surface area contributed by atoms with Gasteiger partial charge in [-0.05, 0) is 49.6 Å². The maximum atomic E-state index is 13.7. The average Bonchev–Trinajstić information content (AvgIpc) is 3.52. The zero-order chi connectivity index (χ0) is 21.9. The number of halogens is 1. The Bertz CT molecular complexity index is 1100. The highest BCUT2D eigenvalue weighted by Gasteiger charge is 2.34. The third kappa shape index (κ3) is 4.45. The topological polar surface area (TPSA) is 80.2 Å². The monoisotopic (exact) mass is 433 g/mol. The van der Waals surface area contributed by atoms with E-state index in [0.717, 1.165) is 30.5 Å². The Morgan fingerprint density at radius 3 is 2.78 bits per heavy atom. The van der Waals surface area contributed by atoms with Crippen LogP contribution >= 0.6 is 0 Å². The van der Waals surface area contributed by atoms with Crippen molar-refractivity contribution in [3.8, 4) is 11.3 Å². The normalized spacial score (nSPS) is 20.5. The molecular weight excluding hydrogens is 409 g/mol. The minimum Gasteiger partial charge on any atom is -0.368 e. The zero-order valence-corrected chi connectivity index (χ0v) is 17.6. The van der Waals surface area contributed by atoms with Crippen molar-refractivity contribution in [2.75, 3.05) is 25.0 Å². The summed E-state index contributed by atoms with van der Waals surface area (Å²) in [6.07, 6.45) is 5.62. The molecule has 2 aliphatic heterocycles. The van der Waals surface area contributed by atoms with E-state index < -0.39 is 0 Å². The van der Waals surface area contributed by atoms with E-state index >= 15 is 0 Å². The van der Waals surface area contributed by atoms with Gasteiger partial charge < -0.3 is 15.0 Å². The minimum absolute atomic E-state index is 0.0233. The molecule has 0 saturated carbocycles. The van der Waals surface area contributed by atoms with Gasteiger partial charge in [0, 0.05) is 55.3 Å². The summed E-state index contributed by atoms with van der Waals surface area (Å²) in [6.45, 7) is 1.89. The van der Waals surface area contributed by atoms with Crippen molar-refractivity contribution < 1.29 is 13.9 Å². The molecular formula is C24H24FN5O2. The number of carbonyl (C=O) groups excluding carboxylic acids is 1. The number of likely N-dealkylation sites (tertiary alicyclic amines) is 1. The van der Waals surface area contributed by atoms with Crippen LogP contribution in [0.4, 0.5) is 15.9 Å². The van der Waals surface area contributed by atoms with E-state index in [2.05, 4.69) is 10.3 Å². The van der Waals surface area contributed by atoms with Crippen molar-refractivity contribution in [1.82, 2.24) is 19.9 Å². The van der Waals surface area contributed by atoms with Crippen molar-refractivity contribution in [3.05, 3.63) is 66.5 Å². The molecule has 164 valence electrons. The van der Waals surface area contributed by atoms with Crippen molar-refractivity contribution in [1.29, 1.82) is 0 Å². The lowest BCUT2D eigenvalue weighted by molar-refractivity contribution is -0.139. The Kier molecular flexibility index (Phi) is 5.77. The van der Waals surface area contributed by atoms with Gasteiger partial charge in [-0.3, -0.25) is 9.78 Å². The molecule has 1 aromatic carbocycles. The molecule has 4 heterocycles. The third-order valence-electron chi connectivity index (χ3n) is 5.89. The summed E-state index contributed by atoms with van der Waals surface area (Å²) < 4.78 is 19.2. The first-order valence-corrected chi connectivity index (χ1v) is 10.9. The molecule has 2 atom stereocenters. The minimum atomic E-state index is -0.322. The van der Waals surface area contributed by atoms with Gasteiger partial charge in [-0.25, -0.2) is 14.4 Å². The molecule has 3 aromatic rings. The van der Waals surface area contributed by atoms with Crippen LogP contribution in [0, 0.1) is 5.82 Å². The molecule has 0 radical (unpaired) electrons. The number of pyridine rings is 1. The summed E-state index contributed by atoms with van der Waals surface area (Å²) >= 11 is 0. The lowest BCUT2D eigenvalue weighted by atomic mass is 10.1. The Morgan fingerprint density at radius 2 is 2.00 bits per heavy atom. The molecule has 5 rings (SSSR count).